The normalized spacial score (nSPS) is 24.1. The summed E-state index contributed by atoms with van der Waals surface area (Å²) < 4.78 is 0. The number of carbonyl (C=O) groups is 2. The molecular formula is C24H28N2O2. The number of carbonyl (C=O) groups excluding carboxylic acids is 2. The van der Waals surface area contributed by atoms with E-state index in [2.05, 4.69) is 10.6 Å². The molecule has 4 rings (SSSR count). The summed E-state index contributed by atoms with van der Waals surface area (Å²) in [6.07, 6.45) is 5.08. The minimum absolute atomic E-state index is 0.0421. The van der Waals surface area contributed by atoms with E-state index in [0.29, 0.717) is 11.8 Å². The van der Waals surface area contributed by atoms with Crippen molar-refractivity contribution in [1.82, 2.24) is 10.6 Å². The average molecular weight is 377 g/mol. The number of nitrogens with one attached hydrogen (secondary N) is 2. The first-order valence-electron chi connectivity index (χ1n) is 10.3. The number of fused-ring (bicyclic) bond motifs is 2. The quantitative estimate of drug-likeness (QED) is 0.779. The van der Waals surface area contributed by atoms with Crippen molar-refractivity contribution in [1.29, 1.82) is 0 Å². The molecule has 4 unspecified atom stereocenters. The minimum Gasteiger partial charge on any atom is -0.345 e. The van der Waals surface area contributed by atoms with E-state index >= 15 is 0 Å². The van der Waals surface area contributed by atoms with Crippen molar-refractivity contribution in [2.45, 2.75) is 44.7 Å². The van der Waals surface area contributed by atoms with Crippen molar-refractivity contribution >= 4 is 11.8 Å². The molecule has 0 saturated heterocycles. The van der Waals surface area contributed by atoms with Crippen molar-refractivity contribution in [3.05, 3.63) is 71.8 Å². The molecular weight excluding hydrogens is 348 g/mol. The third kappa shape index (κ3) is 3.96. The van der Waals surface area contributed by atoms with Gasteiger partial charge >= 0.3 is 11.8 Å². The van der Waals surface area contributed by atoms with Gasteiger partial charge in [-0.25, -0.2) is 0 Å². The molecule has 146 valence electrons. The molecule has 2 aliphatic rings. The van der Waals surface area contributed by atoms with Gasteiger partial charge in [0.15, 0.2) is 0 Å². The van der Waals surface area contributed by atoms with Crippen LogP contribution >= 0.6 is 0 Å². The molecule has 2 aromatic rings. The molecule has 2 bridgehead atoms. The summed E-state index contributed by atoms with van der Waals surface area (Å²) in [5.41, 5.74) is 1.91. The molecule has 0 aliphatic heterocycles. The van der Waals surface area contributed by atoms with Gasteiger partial charge < -0.3 is 10.6 Å². The molecule has 28 heavy (non-hydrogen) atoms. The topological polar surface area (TPSA) is 58.2 Å². The lowest BCUT2D eigenvalue weighted by atomic mass is 9.84. The molecule has 2 aromatic carbocycles. The molecule has 2 saturated carbocycles. The van der Waals surface area contributed by atoms with Crippen LogP contribution in [0.4, 0.5) is 0 Å². The Hall–Kier alpha value is -2.62. The first-order valence-corrected chi connectivity index (χ1v) is 10.3. The maximum atomic E-state index is 12.7. The molecule has 2 fully saturated rings. The second kappa shape index (κ2) is 8.17. The molecule has 4 nitrogen and oxygen atoms in total. The van der Waals surface area contributed by atoms with E-state index in [-0.39, 0.29) is 12.1 Å². The van der Waals surface area contributed by atoms with Crippen LogP contribution in [0.5, 0.6) is 0 Å². The summed E-state index contributed by atoms with van der Waals surface area (Å²) in [6, 6.07) is 19.2. The lowest BCUT2D eigenvalue weighted by molar-refractivity contribution is -0.140. The number of hydrogen-bond acceptors (Lipinski definition) is 2. The van der Waals surface area contributed by atoms with Gasteiger partial charge in [-0.3, -0.25) is 9.59 Å². The first-order chi connectivity index (χ1) is 13.6. The zero-order chi connectivity index (χ0) is 19.5. The van der Waals surface area contributed by atoms with E-state index in [9.17, 15) is 9.59 Å². The van der Waals surface area contributed by atoms with Gasteiger partial charge in [-0.1, -0.05) is 67.1 Å². The molecule has 2 aliphatic carbocycles. The fourth-order valence-corrected chi connectivity index (χ4v) is 5.13. The van der Waals surface area contributed by atoms with Crippen LogP contribution in [0.25, 0.3) is 0 Å². The van der Waals surface area contributed by atoms with Crippen LogP contribution in [0.2, 0.25) is 0 Å². The maximum Gasteiger partial charge on any atom is 0.310 e. The molecule has 0 heterocycles. The highest BCUT2D eigenvalue weighted by Crippen LogP contribution is 2.49. The number of hydrogen-bond donors (Lipinski definition) is 2. The van der Waals surface area contributed by atoms with E-state index in [1.165, 1.54) is 25.7 Å². The Bertz CT molecular complexity index is 782. The largest absolute Gasteiger partial charge is 0.345 e. The molecule has 0 radical (unpaired) electrons. The van der Waals surface area contributed by atoms with E-state index in [1.54, 1.807) is 0 Å². The van der Waals surface area contributed by atoms with Gasteiger partial charge in [-0.2, -0.15) is 0 Å². The summed E-state index contributed by atoms with van der Waals surface area (Å²) in [4.78, 5) is 25.3. The third-order valence-electron chi connectivity index (χ3n) is 6.54. The van der Waals surface area contributed by atoms with Crippen LogP contribution in [0.1, 0.15) is 49.8 Å². The zero-order valence-corrected chi connectivity index (χ0v) is 16.3. The lowest BCUT2D eigenvalue weighted by Gasteiger charge is -2.28. The SMILES string of the molecule is CC(NC(=O)C(=O)NC(c1ccccc1)c1ccccc1)C1CC2CCC1C2. The Morgan fingerprint density at radius 3 is 1.89 bits per heavy atom. The lowest BCUT2D eigenvalue weighted by Crippen LogP contribution is -2.47. The Kier molecular flexibility index (Phi) is 5.47. The van der Waals surface area contributed by atoms with E-state index in [1.807, 2.05) is 67.6 Å². The molecule has 4 heteroatoms. The van der Waals surface area contributed by atoms with Crippen molar-refractivity contribution < 1.29 is 9.59 Å². The van der Waals surface area contributed by atoms with Gasteiger partial charge in [0.1, 0.15) is 0 Å². The Morgan fingerprint density at radius 1 is 0.821 bits per heavy atom. The van der Waals surface area contributed by atoms with E-state index < -0.39 is 11.8 Å². The van der Waals surface area contributed by atoms with Crippen LogP contribution in [0.3, 0.4) is 0 Å². The van der Waals surface area contributed by atoms with Crippen LogP contribution in [-0.4, -0.2) is 17.9 Å². The van der Waals surface area contributed by atoms with Crippen molar-refractivity contribution in [3.8, 4) is 0 Å². The Morgan fingerprint density at radius 2 is 1.39 bits per heavy atom. The molecule has 0 aromatic heterocycles. The van der Waals surface area contributed by atoms with E-state index in [0.717, 1.165) is 17.0 Å². The highest BCUT2D eigenvalue weighted by atomic mass is 16.2. The van der Waals surface area contributed by atoms with Gasteiger partial charge in [-0.15, -0.1) is 0 Å². The summed E-state index contributed by atoms with van der Waals surface area (Å²) in [5, 5.41) is 5.89. The number of rotatable bonds is 5. The first kappa shape index (κ1) is 18.7. The highest BCUT2D eigenvalue weighted by Gasteiger charge is 2.42. The Labute approximate surface area is 166 Å². The van der Waals surface area contributed by atoms with Gasteiger partial charge in [0.2, 0.25) is 0 Å². The smallest absolute Gasteiger partial charge is 0.310 e. The second-order valence-corrected chi connectivity index (χ2v) is 8.33. The molecule has 2 N–H and O–H groups in total. The van der Waals surface area contributed by atoms with Gasteiger partial charge in [0.25, 0.3) is 0 Å². The second-order valence-electron chi connectivity index (χ2n) is 8.33. The summed E-state index contributed by atoms with van der Waals surface area (Å²) in [6.45, 7) is 2.04. The predicted octanol–water partition coefficient (Wildman–Crippen LogP) is 3.83. The van der Waals surface area contributed by atoms with Crippen molar-refractivity contribution in [2.24, 2.45) is 17.8 Å². The monoisotopic (exact) mass is 376 g/mol. The Balaban J connectivity index is 1.43. The summed E-state index contributed by atoms with van der Waals surface area (Å²) in [5.74, 6) is 0.933. The van der Waals surface area contributed by atoms with Gasteiger partial charge in [0.05, 0.1) is 6.04 Å². The van der Waals surface area contributed by atoms with Crippen LogP contribution < -0.4 is 10.6 Å². The molecule has 2 amide bonds. The summed E-state index contributed by atoms with van der Waals surface area (Å²) in [7, 11) is 0. The van der Waals surface area contributed by atoms with Crippen molar-refractivity contribution in [2.75, 3.05) is 0 Å². The third-order valence-corrected chi connectivity index (χ3v) is 6.54. The molecule has 0 spiro atoms. The maximum absolute atomic E-state index is 12.7. The summed E-state index contributed by atoms with van der Waals surface area (Å²) >= 11 is 0. The van der Waals surface area contributed by atoms with Crippen molar-refractivity contribution in [3.63, 3.8) is 0 Å². The number of amides is 2. The van der Waals surface area contributed by atoms with Crippen LogP contribution in [-0.2, 0) is 9.59 Å². The van der Waals surface area contributed by atoms with Gasteiger partial charge in [-0.05, 0) is 55.1 Å². The highest BCUT2D eigenvalue weighted by molar-refractivity contribution is 6.35. The van der Waals surface area contributed by atoms with Crippen LogP contribution in [0, 0.1) is 17.8 Å². The average Bonchev–Trinajstić information content (AvgIpc) is 3.37. The van der Waals surface area contributed by atoms with Crippen LogP contribution in [0.15, 0.2) is 60.7 Å². The fraction of sp³-hybridized carbons (Fsp3) is 0.417. The van der Waals surface area contributed by atoms with Gasteiger partial charge in [0, 0.05) is 6.04 Å². The minimum atomic E-state index is -0.576. The fourth-order valence-electron chi connectivity index (χ4n) is 5.13. The number of benzene rings is 2. The standard InChI is InChI=1S/C24H28N2O2/c1-16(21-15-17-12-13-20(21)14-17)25-23(27)24(28)26-22(18-8-4-2-5-9-18)19-10-6-3-7-11-19/h2-11,16-17,20-22H,12-15H2,1H3,(H,25,27)(H,26,28). The zero-order valence-electron chi connectivity index (χ0n) is 16.3. The predicted molar refractivity (Wildman–Crippen MR) is 109 cm³/mol. The van der Waals surface area contributed by atoms with E-state index in [4.69, 9.17) is 0 Å². The molecule has 4 atom stereocenters.